The maximum Gasteiger partial charge on any atom is 0.228 e. The summed E-state index contributed by atoms with van der Waals surface area (Å²) in [6.07, 6.45) is 2.64. The van der Waals surface area contributed by atoms with Gasteiger partial charge in [0.05, 0.1) is 17.4 Å². The van der Waals surface area contributed by atoms with Gasteiger partial charge in [0, 0.05) is 39.2 Å². The first-order valence-corrected chi connectivity index (χ1v) is 10.1. The quantitative estimate of drug-likeness (QED) is 0.767. The molecule has 8 heteroatoms. The van der Waals surface area contributed by atoms with Crippen molar-refractivity contribution in [3.63, 3.8) is 0 Å². The molecule has 1 atom stereocenters. The molecular weight excluding hydrogens is 352 g/mol. The minimum Gasteiger partial charge on any atom is -0.381 e. The third-order valence-corrected chi connectivity index (χ3v) is 5.90. The molecule has 2 fully saturated rings. The van der Waals surface area contributed by atoms with Crippen LogP contribution in [-0.4, -0.2) is 71.8 Å². The molecule has 0 spiro atoms. The zero-order valence-electron chi connectivity index (χ0n) is 14.8. The molecule has 2 saturated heterocycles. The molecule has 0 saturated carbocycles. The number of piperazine rings is 1. The minimum atomic E-state index is 0.0802. The zero-order chi connectivity index (χ0) is 17.8. The fraction of sp³-hybridized carbons (Fsp3) is 0.611. The van der Waals surface area contributed by atoms with Crippen LogP contribution >= 0.6 is 11.3 Å². The van der Waals surface area contributed by atoms with Crippen LogP contribution < -0.4 is 0 Å². The van der Waals surface area contributed by atoms with Crippen LogP contribution in [0.2, 0.25) is 0 Å². The number of hydrogen-bond acceptors (Lipinski definition) is 7. The van der Waals surface area contributed by atoms with Crippen LogP contribution in [0.4, 0.5) is 0 Å². The highest BCUT2D eigenvalue weighted by Gasteiger charge is 2.29. The van der Waals surface area contributed by atoms with Crippen molar-refractivity contribution in [3.8, 4) is 10.7 Å². The molecule has 2 aliphatic rings. The molecule has 2 aromatic heterocycles. The molecule has 26 heavy (non-hydrogen) atoms. The van der Waals surface area contributed by atoms with Gasteiger partial charge in [0.2, 0.25) is 17.6 Å². The van der Waals surface area contributed by atoms with Gasteiger partial charge in [-0.05, 0) is 30.8 Å². The Morgan fingerprint density at radius 1 is 1.31 bits per heavy atom. The highest BCUT2D eigenvalue weighted by Crippen LogP contribution is 2.21. The summed E-state index contributed by atoms with van der Waals surface area (Å²) >= 11 is 1.61. The average Bonchev–Trinajstić information content (AvgIpc) is 3.43. The fourth-order valence-electron chi connectivity index (χ4n) is 3.50. The van der Waals surface area contributed by atoms with Gasteiger partial charge in [-0.1, -0.05) is 11.2 Å². The van der Waals surface area contributed by atoms with Crippen molar-refractivity contribution in [2.24, 2.45) is 5.92 Å². The normalized spacial score (nSPS) is 21.4. The first kappa shape index (κ1) is 17.6. The molecule has 0 aromatic carbocycles. The molecule has 2 aliphatic heterocycles. The zero-order valence-corrected chi connectivity index (χ0v) is 15.6. The third kappa shape index (κ3) is 4.13. The fourth-order valence-corrected chi connectivity index (χ4v) is 4.14. The Hall–Kier alpha value is -1.77. The molecule has 7 nitrogen and oxygen atoms in total. The van der Waals surface area contributed by atoms with Gasteiger partial charge in [-0.25, -0.2) is 0 Å². The van der Waals surface area contributed by atoms with E-state index in [2.05, 4.69) is 15.0 Å². The number of carbonyl (C=O) groups excluding carboxylic acids is 1. The highest BCUT2D eigenvalue weighted by molar-refractivity contribution is 7.13. The van der Waals surface area contributed by atoms with E-state index in [1.165, 1.54) is 0 Å². The summed E-state index contributed by atoms with van der Waals surface area (Å²) in [4.78, 5) is 22.3. The Balaban J connectivity index is 1.18. The topological polar surface area (TPSA) is 71.7 Å². The van der Waals surface area contributed by atoms with Crippen molar-refractivity contribution >= 4 is 17.2 Å². The van der Waals surface area contributed by atoms with Crippen molar-refractivity contribution in [2.45, 2.75) is 19.3 Å². The molecule has 0 bridgehead atoms. The second-order valence-corrected chi connectivity index (χ2v) is 7.77. The maximum absolute atomic E-state index is 12.4. The Bertz CT molecular complexity index is 704. The van der Waals surface area contributed by atoms with Gasteiger partial charge in [-0.2, -0.15) is 4.98 Å². The van der Waals surface area contributed by atoms with Crippen molar-refractivity contribution in [1.82, 2.24) is 19.9 Å². The molecule has 1 unspecified atom stereocenters. The Morgan fingerprint density at radius 2 is 2.19 bits per heavy atom. The smallest absolute Gasteiger partial charge is 0.228 e. The number of thiophene rings is 1. The molecule has 0 N–H and O–H groups in total. The number of nitrogens with zero attached hydrogens (tertiary/aromatic N) is 4. The monoisotopic (exact) mass is 376 g/mol. The van der Waals surface area contributed by atoms with E-state index in [0.29, 0.717) is 18.3 Å². The lowest BCUT2D eigenvalue weighted by Gasteiger charge is -2.35. The maximum atomic E-state index is 12.4. The summed E-state index contributed by atoms with van der Waals surface area (Å²) in [7, 11) is 0. The van der Waals surface area contributed by atoms with Crippen molar-refractivity contribution in [1.29, 1.82) is 0 Å². The van der Waals surface area contributed by atoms with Crippen molar-refractivity contribution in [3.05, 3.63) is 23.4 Å². The van der Waals surface area contributed by atoms with Crippen LogP contribution in [-0.2, 0) is 16.0 Å². The number of ether oxygens (including phenoxy) is 1. The molecule has 140 valence electrons. The average molecular weight is 376 g/mol. The van der Waals surface area contributed by atoms with Gasteiger partial charge in [-0.15, -0.1) is 11.3 Å². The van der Waals surface area contributed by atoms with Gasteiger partial charge < -0.3 is 14.2 Å². The predicted molar refractivity (Wildman–Crippen MR) is 97.9 cm³/mol. The molecule has 4 heterocycles. The van der Waals surface area contributed by atoms with E-state index in [1.54, 1.807) is 11.3 Å². The van der Waals surface area contributed by atoms with Crippen LogP contribution in [0.1, 0.15) is 18.7 Å². The number of carbonyl (C=O) groups is 1. The van der Waals surface area contributed by atoms with Crippen LogP contribution in [0.25, 0.3) is 10.7 Å². The summed E-state index contributed by atoms with van der Waals surface area (Å²) in [5.74, 6) is 1.73. The number of hydrogen-bond donors (Lipinski definition) is 0. The summed E-state index contributed by atoms with van der Waals surface area (Å²) in [6, 6.07) is 3.98. The molecule has 0 aliphatic carbocycles. The van der Waals surface area contributed by atoms with Gasteiger partial charge in [0.25, 0.3) is 0 Å². The molecule has 2 aromatic rings. The predicted octanol–water partition coefficient (Wildman–Crippen LogP) is 1.91. The Morgan fingerprint density at radius 3 is 2.92 bits per heavy atom. The second-order valence-electron chi connectivity index (χ2n) is 6.82. The SMILES string of the molecule is O=C(C1CCOC1)N1CCN(CCCc2nc(-c3cccs3)no2)CC1. The van der Waals surface area contributed by atoms with Gasteiger partial charge in [0.1, 0.15) is 0 Å². The summed E-state index contributed by atoms with van der Waals surface area (Å²) in [6.45, 7) is 5.81. The van der Waals surface area contributed by atoms with E-state index in [9.17, 15) is 4.79 Å². The minimum absolute atomic E-state index is 0.0802. The lowest BCUT2D eigenvalue weighted by atomic mass is 10.1. The lowest BCUT2D eigenvalue weighted by molar-refractivity contribution is -0.137. The van der Waals surface area contributed by atoms with Crippen molar-refractivity contribution < 1.29 is 14.1 Å². The van der Waals surface area contributed by atoms with Crippen LogP contribution in [0.5, 0.6) is 0 Å². The van der Waals surface area contributed by atoms with E-state index < -0.39 is 0 Å². The first-order chi connectivity index (χ1) is 12.8. The largest absolute Gasteiger partial charge is 0.381 e. The summed E-state index contributed by atoms with van der Waals surface area (Å²) < 4.78 is 10.7. The second kappa shape index (κ2) is 8.28. The van der Waals surface area contributed by atoms with Crippen LogP contribution in [0.15, 0.2) is 22.0 Å². The molecular formula is C18H24N4O3S. The summed E-state index contributed by atoms with van der Waals surface area (Å²) in [5.41, 5.74) is 0. The number of aromatic nitrogens is 2. The standard InChI is InChI=1S/C18H24N4O3S/c23-18(14-5-11-24-13-14)22-9-7-21(8-10-22)6-1-4-16-19-17(20-25-16)15-3-2-12-26-15/h2-3,12,14H,1,4-11,13H2. The first-order valence-electron chi connectivity index (χ1n) is 9.25. The van der Waals surface area contributed by atoms with E-state index in [-0.39, 0.29) is 11.8 Å². The third-order valence-electron chi connectivity index (χ3n) is 5.04. The van der Waals surface area contributed by atoms with Crippen molar-refractivity contribution in [2.75, 3.05) is 45.9 Å². The van der Waals surface area contributed by atoms with E-state index in [0.717, 1.165) is 63.5 Å². The van der Waals surface area contributed by atoms with Gasteiger partial charge in [0.15, 0.2) is 0 Å². The molecule has 1 amide bonds. The molecule has 4 rings (SSSR count). The highest BCUT2D eigenvalue weighted by atomic mass is 32.1. The van der Waals surface area contributed by atoms with Crippen LogP contribution in [0, 0.1) is 5.92 Å². The van der Waals surface area contributed by atoms with E-state index in [1.807, 2.05) is 22.4 Å². The summed E-state index contributed by atoms with van der Waals surface area (Å²) in [5, 5.41) is 6.06. The number of rotatable bonds is 6. The van der Waals surface area contributed by atoms with E-state index in [4.69, 9.17) is 9.26 Å². The number of amides is 1. The Kier molecular flexibility index (Phi) is 5.62. The lowest BCUT2D eigenvalue weighted by Crippen LogP contribution is -2.50. The van der Waals surface area contributed by atoms with Gasteiger partial charge in [-0.3, -0.25) is 9.69 Å². The van der Waals surface area contributed by atoms with E-state index >= 15 is 0 Å². The molecule has 0 radical (unpaired) electrons. The van der Waals surface area contributed by atoms with Crippen LogP contribution in [0.3, 0.4) is 0 Å². The Labute approximate surface area is 156 Å². The van der Waals surface area contributed by atoms with Gasteiger partial charge >= 0.3 is 0 Å². The number of aryl methyl sites for hydroxylation is 1.